The van der Waals surface area contributed by atoms with Gasteiger partial charge in [-0.05, 0) is 75.6 Å². The molecule has 4 aromatic rings. The van der Waals surface area contributed by atoms with E-state index < -0.39 is 0 Å². The second-order valence-electron chi connectivity index (χ2n) is 8.67. The third-order valence-corrected chi connectivity index (χ3v) is 8.54. The Morgan fingerprint density at radius 3 is 1.66 bits per heavy atom. The average molecular weight is 435 g/mol. The van der Waals surface area contributed by atoms with Gasteiger partial charge in [-0.3, -0.25) is 0 Å². The summed E-state index contributed by atoms with van der Waals surface area (Å²) >= 11 is 0. The van der Waals surface area contributed by atoms with E-state index in [0.29, 0.717) is 0 Å². The average Bonchev–Trinajstić information content (AvgIpc) is 2.96. The summed E-state index contributed by atoms with van der Waals surface area (Å²) in [5.74, 6) is 0. The molecule has 4 aromatic carbocycles. The molecule has 0 saturated carbocycles. The minimum atomic E-state index is -0.193. The summed E-state index contributed by atoms with van der Waals surface area (Å²) in [6.45, 7) is 16.6. The maximum absolute atomic E-state index is 4.39. The lowest BCUT2D eigenvalue weighted by molar-refractivity contribution is 1.12. The van der Waals surface area contributed by atoms with Crippen molar-refractivity contribution < 1.29 is 0 Å². The molecule has 0 atom stereocenters. The smallest absolute Gasteiger partial charge is 0.00606 e. The highest BCUT2D eigenvalue weighted by atomic mass is 31.1. The Kier molecular flexibility index (Phi) is 6.73. The third-order valence-electron chi connectivity index (χ3n) is 6.07. The molecule has 0 N–H and O–H groups in total. The molecule has 1 heteroatoms. The number of benzene rings is 4. The van der Waals surface area contributed by atoms with Gasteiger partial charge in [0.1, 0.15) is 0 Å². The van der Waals surface area contributed by atoms with Crippen molar-refractivity contribution in [3.63, 3.8) is 0 Å². The van der Waals surface area contributed by atoms with Crippen LogP contribution in [0.25, 0.3) is 32.7 Å². The molecule has 0 bridgehead atoms. The summed E-state index contributed by atoms with van der Waals surface area (Å²) in [5, 5.41) is 5.41. The van der Waals surface area contributed by atoms with E-state index in [1.807, 2.05) is 0 Å². The lowest BCUT2D eigenvalue weighted by atomic mass is 9.88. The molecule has 1 heterocycles. The molecule has 0 saturated heterocycles. The zero-order chi connectivity index (χ0) is 22.7. The highest BCUT2D eigenvalue weighted by molar-refractivity contribution is 7.56. The summed E-state index contributed by atoms with van der Waals surface area (Å²) in [4.78, 5) is 0. The largest absolute Gasteiger partial charge is 0.106 e. The number of fused-ring (bicyclic) bond motifs is 7. The Morgan fingerprint density at radius 1 is 0.719 bits per heavy atom. The van der Waals surface area contributed by atoms with Crippen LogP contribution in [0, 0.1) is 0 Å². The minimum Gasteiger partial charge on any atom is -0.106 e. The van der Waals surface area contributed by atoms with Crippen LogP contribution in [-0.4, -0.2) is 6.16 Å². The fraction of sp³-hybridized carbons (Fsp3) is 0.161. The molecule has 0 aliphatic carbocycles. The summed E-state index contributed by atoms with van der Waals surface area (Å²) in [5.41, 5.74) is 8.45. The van der Waals surface area contributed by atoms with Crippen LogP contribution in [0.2, 0.25) is 0 Å². The van der Waals surface area contributed by atoms with Crippen molar-refractivity contribution >= 4 is 29.5 Å². The second-order valence-corrected chi connectivity index (χ2v) is 11.0. The molecule has 0 nitrogen and oxygen atoms in total. The zero-order valence-electron chi connectivity index (χ0n) is 19.0. The van der Waals surface area contributed by atoms with Crippen LogP contribution in [0.1, 0.15) is 24.5 Å². The van der Waals surface area contributed by atoms with Crippen LogP contribution in [-0.2, 0) is 12.3 Å². The van der Waals surface area contributed by atoms with Crippen molar-refractivity contribution in [1.82, 2.24) is 0 Å². The predicted octanol–water partition coefficient (Wildman–Crippen LogP) is 9.48. The monoisotopic (exact) mass is 434 g/mol. The Hall–Kier alpha value is -2.95. The van der Waals surface area contributed by atoms with Gasteiger partial charge in [0.2, 0.25) is 0 Å². The van der Waals surface area contributed by atoms with Gasteiger partial charge in [-0.1, -0.05) is 105 Å². The molecule has 0 radical (unpaired) electrons. The highest BCUT2D eigenvalue weighted by Gasteiger charge is 2.24. The molecule has 0 aromatic heterocycles. The fourth-order valence-electron chi connectivity index (χ4n) is 4.94. The Balaban J connectivity index is 0.00000119. The van der Waals surface area contributed by atoms with E-state index >= 15 is 0 Å². The molecule has 0 amide bonds. The number of allylic oxidation sites excluding steroid dienone is 2. The van der Waals surface area contributed by atoms with Gasteiger partial charge in [-0.2, -0.15) is 0 Å². The molecule has 160 valence electrons. The van der Waals surface area contributed by atoms with Crippen molar-refractivity contribution in [3.05, 3.63) is 121 Å². The topological polar surface area (TPSA) is 0 Å². The van der Waals surface area contributed by atoms with Gasteiger partial charge in [0.25, 0.3) is 0 Å². The molecule has 1 aliphatic rings. The minimum absolute atomic E-state index is 0.193. The zero-order valence-corrected chi connectivity index (χ0v) is 19.9. The molecular weight excluding hydrogens is 403 g/mol. The first-order valence-electron chi connectivity index (χ1n) is 11.1. The third kappa shape index (κ3) is 4.34. The maximum atomic E-state index is 4.39. The van der Waals surface area contributed by atoms with E-state index in [1.54, 1.807) is 0 Å². The van der Waals surface area contributed by atoms with Gasteiger partial charge in [0.15, 0.2) is 0 Å². The molecule has 1 aliphatic heterocycles. The summed E-state index contributed by atoms with van der Waals surface area (Å²) in [6, 6.07) is 27.1. The van der Waals surface area contributed by atoms with Crippen molar-refractivity contribution in [2.75, 3.05) is 6.16 Å². The van der Waals surface area contributed by atoms with Crippen molar-refractivity contribution in [2.45, 2.75) is 25.7 Å². The molecule has 0 unspecified atom stereocenters. The fourth-order valence-corrected chi connectivity index (χ4v) is 7.51. The molecule has 0 fully saturated rings. The summed E-state index contributed by atoms with van der Waals surface area (Å²) in [6.07, 6.45) is 4.40. The Labute approximate surface area is 193 Å². The van der Waals surface area contributed by atoms with Gasteiger partial charge in [0.05, 0.1) is 0 Å². The first-order chi connectivity index (χ1) is 15.6. The quantitative estimate of drug-likeness (QED) is 0.222. The number of hydrogen-bond donors (Lipinski definition) is 0. The molecule has 5 rings (SSSR count). The van der Waals surface area contributed by atoms with E-state index in [2.05, 4.69) is 106 Å². The van der Waals surface area contributed by atoms with Crippen LogP contribution in [0.15, 0.2) is 110 Å². The Morgan fingerprint density at radius 2 is 1.19 bits per heavy atom. The summed E-state index contributed by atoms with van der Waals surface area (Å²) < 4.78 is 0. The van der Waals surface area contributed by atoms with Gasteiger partial charge in [-0.25, -0.2) is 0 Å². The highest BCUT2D eigenvalue weighted by Crippen LogP contribution is 2.53. The van der Waals surface area contributed by atoms with Crippen LogP contribution < -0.4 is 0 Å². The maximum Gasteiger partial charge on any atom is -0.00606 e. The molecule has 32 heavy (non-hydrogen) atoms. The van der Waals surface area contributed by atoms with Gasteiger partial charge >= 0.3 is 0 Å². The first kappa shape index (κ1) is 22.3. The van der Waals surface area contributed by atoms with Gasteiger partial charge in [-0.15, -0.1) is 13.2 Å². The number of rotatable bonds is 4. The van der Waals surface area contributed by atoms with E-state index in [-0.39, 0.29) is 7.92 Å². The summed E-state index contributed by atoms with van der Waals surface area (Å²) in [7, 11) is -0.193. The van der Waals surface area contributed by atoms with Gasteiger partial charge in [0, 0.05) is 0 Å². The first-order valence-corrected chi connectivity index (χ1v) is 13.0. The van der Waals surface area contributed by atoms with Crippen molar-refractivity contribution in [1.29, 1.82) is 0 Å². The lowest BCUT2D eigenvalue weighted by Gasteiger charge is -2.18. The number of hydrogen-bond acceptors (Lipinski definition) is 0. The Bertz CT molecular complexity index is 1220. The van der Waals surface area contributed by atoms with Crippen LogP contribution in [0.5, 0.6) is 0 Å². The van der Waals surface area contributed by atoms with Crippen molar-refractivity contribution in [3.8, 4) is 11.1 Å². The second kappa shape index (κ2) is 9.68. The molecular formula is C31H31P. The van der Waals surface area contributed by atoms with Crippen LogP contribution >= 0.6 is 7.92 Å². The van der Waals surface area contributed by atoms with E-state index in [4.69, 9.17) is 0 Å². The standard InChI is InChI=1S/C29H27P.C2H4/c1-20(2)16-21(3)17-30-18-24-14-12-22-8-4-6-10-26(22)28(24)29-25(19-30)15-13-23-9-5-7-11-27(23)29;1-2/h4-15H,1,3,16-19H2,2H3;1-2H2. The van der Waals surface area contributed by atoms with Gasteiger partial charge < -0.3 is 0 Å². The lowest BCUT2D eigenvalue weighted by Crippen LogP contribution is -1.95. The van der Waals surface area contributed by atoms with Crippen LogP contribution in [0.4, 0.5) is 0 Å². The predicted molar refractivity (Wildman–Crippen MR) is 146 cm³/mol. The normalized spacial score (nSPS) is 12.9. The van der Waals surface area contributed by atoms with Crippen molar-refractivity contribution in [2.24, 2.45) is 0 Å². The van der Waals surface area contributed by atoms with E-state index in [1.165, 1.54) is 54.9 Å². The SMILES string of the molecule is C=C.C=C(C)CC(=C)CP1Cc2ccc3ccccc3c2-c2c(ccc3ccccc23)C1. The van der Waals surface area contributed by atoms with E-state index in [9.17, 15) is 0 Å². The van der Waals surface area contributed by atoms with E-state index in [0.717, 1.165) is 24.9 Å². The molecule has 0 spiro atoms. The van der Waals surface area contributed by atoms with Crippen LogP contribution in [0.3, 0.4) is 0 Å².